The molecular weight excluding hydrogens is 220 g/mol. The summed E-state index contributed by atoms with van der Waals surface area (Å²) < 4.78 is 0. The Labute approximate surface area is 103 Å². The molecule has 0 rings (SSSR count). The number of carbonyl (C=O) groups excluding carboxylic acids is 1. The monoisotopic (exact) mass is 244 g/mol. The van der Waals surface area contributed by atoms with Gasteiger partial charge in [0.1, 0.15) is 0 Å². The number of nitrogens with two attached hydrogens (primary N) is 1. The van der Waals surface area contributed by atoms with E-state index in [2.05, 4.69) is 5.32 Å². The van der Waals surface area contributed by atoms with Gasteiger partial charge < -0.3 is 16.2 Å². The van der Waals surface area contributed by atoms with E-state index < -0.39 is 5.97 Å². The number of rotatable bonds is 9. The molecule has 1 atom stereocenters. The molecule has 0 aromatic rings. The molecule has 0 saturated carbocycles. The molecule has 0 saturated heterocycles. The van der Waals surface area contributed by atoms with Crippen LogP contribution in [0.2, 0.25) is 0 Å². The Balaban J connectivity index is 3.91. The molecule has 0 aromatic heterocycles. The van der Waals surface area contributed by atoms with E-state index in [1.807, 2.05) is 13.8 Å². The quantitative estimate of drug-likeness (QED) is 0.530. The van der Waals surface area contributed by atoms with Gasteiger partial charge in [0.15, 0.2) is 0 Å². The average molecular weight is 244 g/mol. The number of unbranched alkanes of at least 4 members (excludes halogenated alkanes) is 2. The van der Waals surface area contributed by atoms with Crippen molar-refractivity contribution < 1.29 is 14.7 Å². The average Bonchev–Trinajstić information content (AvgIpc) is 2.22. The maximum atomic E-state index is 11.6. The van der Waals surface area contributed by atoms with Crippen molar-refractivity contribution in [3.8, 4) is 0 Å². The maximum absolute atomic E-state index is 11.6. The molecule has 0 radical (unpaired) electrons. The molecule has 4 N–H and O–H groups in total. The number of carbonyl (C=O) groups is 2. The van der Waals surface area contributed by atoms with E-state index in [1.54, 1.807) is 0 Å². The normalized spacial score (nSPS) is 12.5. The predicted octanol–water partition coefficient (Wildman–Crippen LogP) is 1.12. The molecule has 5 heteroatoms. The van der Waals surface area contributed by atoms with Crippen molar-refractivity contribution in [1.82, 2.24) is 5.32 Å². The third-order valence-corrected chi connectivity index (χ3v) is 2.65. The van der Waals surface area contributed by atoms with Crippen LogP contribution < -0.4 is 11.1 Å². The second-order valence-electron chi connectivity index (χ2n) is 4.62. The second-order valence-corrected chi connectivity index (χ2v) is 4.62. The summed E-state index contributed by atoms with van der Waals surface area (Å²) in [6.45, 7) is 4.46. The smallest absolute Gasteiger partial charge is 0.305 e. The Bertz CT molecular complexity index is 242. The van der Waals surface area contributed by atoms with E-state index in [4.69, 9.17) is 10.8 Å². The largest absolute Gasteiger partial charge is 0.481 e. The third-order valence-electron chi connectivity index (χ3n) is 2.65. The van der Waals surface area contributed by atoms with Crippen molar-refractivity contribution in [1.29, 1.82) is 0 Å². The van der Waals surface area contributed by atoms with Crippen LogP contribution in [0.25, 0.3) is 0 Å². The minimum atomic E-state index is -0.882. The molecule has 1 amide bonds. The highest BCUT2D eigenvalue weighted by Crippen LogP contribution is 2.07. The summed E-state index contributed by atoms with van der Waals surface area (Å²) in [6.07, 6.45) is 3.10. The molecule has 100 valence electrons. The minimum absolute atomic E-state index is 0.0216. The number of nitrogens with one attached hydrogen (secondary N) is 1. The Morgan fingerprint density at radius 1 is 1.24 bits per heavy atom. The maximum Gasteiger partial charge on any atom is 0.305 e. The topological polar surface area (TPSA) is 92.4 Å². The summed E-state index contributed by atoms with van der Waals surface area (Å²) in [5.74, 6) is -0.826. The highest BCUT2D eigenvalue weighted by molar-refractivity contribution is 5.77. The fourth-order valence-corrected chi connectivity index (χ4v) is 1.53. The van der Waals surface area contributed by atoms with Gasteiger partial charge in [0.25, 0.3) is 0 Å². The number of carboxylic acid groups (broad SMARTS) is 1. The Morgan fingerprint density at radius 3 is 2.35 bits per heavy atom. The number of hydrogen-bond donors (Lipinski definition) is 3. The summed E-state index contributed by atoms with van der Waals surface area (Å²) in [6, 6.07) is -0.283. The molecule has 0 spiro atoms. The molecule has 5 nitrogen and oxygen atoms in total. The third kappa shape index (κ3) is 8.68. The molecule has 0 aliphatic rings. The van der Waals surface area contributed by atoms with Crippen molar-refractivity contribution in [2.45, 2.75) is 52.0 Å². The summed E-state index contributed by atoms with van der Waals surface area (Å²) in [7, 11) is 0. The molecule has 0 aliphatic carbocycles. The van der Waals surface area contributed by atoms with Crippen LogP contribution >= 0.6 is 0 Å². The molecule has 0 fully saturated rings. The van der Waals surface area contributed by atoms with Crippen LogP contribution in [-0.4, -0.2) is 29.6 Å². The van der Waals surface area contributed by atoms with E-state index in [1.165, 1.54) is 0 Å². The van der Waals surface area contributed by atoms with Gasteiger partial charge in [0.05, 0.1) is 6.42 Å². The van der Waals surface area contributed by atoms with Crippen LogP contribution in [0.3, 0.4) is 0 Å². The Morgan fingerprint density at radius 2 is 1.88 bits per heavy atom. The van der Waals surface area contributed by atoms with E-state index >= 15 is 0 Å². The summed E-state index contributed by atoms with van der Waals surface area (Å²) in [5.41, 5.74) is 5.35. The minimum Gasteiger partial charge on any atom is -0.481 e. The fraction of sp³-hybridized carbons (Fsp3) is 0.833. The second kappa shape index (κ2) is 8.98. The zero-order chi connectivity index (χ0) is 13.3. The lowest BCUT2D eigenvalue weighted by Gasteiger charge is -2.20. The molecule has 0 aliphatic heterocycles. The summed E-state index contributed by atoms with van der Waals surface area (Å²) >= 11 is 0. The van der Waals surface area contributed by atoms with Gasteiger partial charge in [-0.05, 0) is 25.3 Å². The van der Waals surface area contributed by atoms with Crippen LogP contribution in [-0.2, 0) is 9.59 Å². The summed E-state index contributed by atoms with van der Waals surface area (Å²) in [5, 5.41) is 11.5. The van der Waals surface area contributed by atoms with E-state index in [0.717, 1.165) is 19.3 Å². The van der Waals surface area contributed by atoms with E-state index in [-0.39, 0.29) is 24.3 Å². The standard InChI is InChI=1S/C12H24N2O3/c1-9(2)10(8-12(16)17)14-11(15)6-4-3-5-7-13/h9-10H,3-8,13H2,1-2H3,(H,14,15)(H,16,17). The number of hydrogen-bond acceptors (Lipinski definition) is 3. The lowest BCUT2D eigenvalue weighted by atomic mass is 10.0. The Hall–Kier alpha value is -1.10. The molecule has 17 heavy (non-hydrogen) atoms. The zero-order valence-electron chi connectivity index (χ0n) is 10.7. The number of aliphatic carboxylic acids is 1. The van der Waals surface area contributed by atoms with Crippen molar-refractivity contribution in [2.75, 3.05) is 6.54 Å². The van der Waals surface area contributed by atoms with Gasteiger partial charge in [0.2, 0.25) is 5.91 Å². The first-order chi connectivity index (χ1) is 7.97. The number of amides is 1. The summed E-state index contributed by atoms with van der Waals surface area (Å²) in [4.78, 5) is 22.2. The molecule has 1 unspecified atom stereocenters. The van der Waals surface area contributed by atoms with E-state index in [0.29, 0.717) is 13.0 Å². The van der Waals surface area contributed by atoms with Gasteiger partial charge in [-0.2, -0.15) is 0 Å². The molecule has 0 bridgehead atoms. The SMILES string of the molecule is CC(C)C(CC(=O)O)NC(=O)CCCCCN. The molecule has 0 aromatic carbocycles. The lowest BCUT2D eigenvalue weighted by molar-refractivity contribution is -0.138. The van der Waals surface area contributed by atoms with Crippen LogP contribution in [0.4, 0.5) is 0 Å². The predicted molar refractivity (Wildman–Crippen MR) is 66.5 cm³/mol. The first-order valence-electron chi connectivity index (χ1n) is 6.18. The van der Waals surface area contributed by atoms with Gasteiger partial charge in [-0.1, -0.05) is 20.3 Å². The lowest BCUT2D eigenvalue weighted by Crippen LogP contribution is -2.39. The van der Waals surface area contributed by atoms with Crippen LogP contribution in [0.15, 0.2) is 0 Å². The first kappa shape index (κ1) is 15.9. The number of carboxylic acids is 1. The first-order valence-corrected chi connectivity index (χ1v) is 6.18. The van der Waals surface area contributed by atoms with Gasteiger partial charge in [-0.25, -0.2) is 0 Å². The van der Waals surface area contributed by atoms with Crippen molar-refractivity contribution >= 4 is 11.9 Å². The van der Waals surface area contributed by atoms with Crippen LogP contribution in [0.1, 0.15) is 46.0 Å². The van der Waals surface area contributed by atoms with Gasteiger partial charge in [0, 0.05) is 12.5 Å². The zero-order valence-corrected chi connectivity index (χ0v) is 10.7. The fourth-order valence-electron chi connectivity index (χ4n) is 1.53. The van der Waals surface area contributed by atoms with E-state index in [9.17, 15) is 9.59 Å². The molecular formula is C12H24N2O3. The van der Waals surface area contributed by atoms with Gasteiger partial charge in [-0.15, -0.1) is 0 Å². The van der Waals surface area contributed by atoms with Crippen LogP contribution in [0, 0.1) is 5.92 Å². The highest BCUT2D eigenvalue weighted by atomic mass is 16.4. The highest BCUT2D eigenvalue weighted by Gasteiger charge is 2.18. The Kier molecular flexibility index (Phi) is 8.40. The van der Waals surface area contributed by atoms with Gasteiger partial charge in [-0.3, -0.25) is 9.59 Å². The van der Waals surface area contributed by atoms with Crippen molar-refractivity contribution in [2.24, 2.45) is 11.7 Å². The van der Waals surface area contributed by atoms with Crippen molar-refractivity contribution in [3.63, 3.8) is 0 Å². The van der Waals surface area contributed by atoms with Gasteiger partial charge >= 0.3 is 5.97 Å². The molecule has 0 heterocycles. The van der Waals surface area contributed by atoms with Crippen molar-refractivity contribution in [3.05, 3.63) is 0 Å². The van der Waals surface area contributed by atoms with Crippen LogP contribution in [0.5, 0.6) is 0 Å².